The molecule has 0 bridgehead atoms. The third kappa shape index (κ3) is 4.51. The highest BCUT2D eigenvalue weighted by atomic mass is 35.5. The highest BCUT2D eigenvalue weighted by Crippen LogP contribution is 2.35. The molecule has 0 saturated carbocycles. The van der Waals surface area contributed by atoms with E-state index in [1.165, 1.54) is 13.3 Å². The van der Waals surface area contributed by atoms with Crippen molar-refractivity contribution in [2.45, 2.75) is 0 Å². The lowest BCUT2D eigenvalue weighted by molar-refractivity contribution is 0.0955. The van der Waals surface area contributed by atoms with Crippen LogP contribution in [-0.4, -0.2) is 25.8 Å². The molecule has 2 aromatic rings. The Kier molecular flexibility index (Phi) is 6.23. The van der Waals surface area contributed by atoms with Crippen LogP contribution in [0.25, 0.3) is 0 Å². The van der Waals surface area contributed by atoms with Crippen LogP contribution in [0.3, 0.4) is 0 Å². The Morgan fingerprint density at radius 2 is 2.12 bits per heavy atom. The zero-order chi connectivity index (χ0) is 17.4. The van der Waals surface area contributed by atoms with Gasteiger partial charge in [-0.3, -0.25) is 4.79 Å². The average molecular weight is 343 g/mol. The molecule has 0 radical (unpaired) electrons. The number of hydrogen-bond donors (Lipinski definition) is 1. The smallest absolute Gasteiger partial charge is 0.271 e. The standard InChI is InChI=1S/C18H15ClN2O3/c1-3-9-24-17-15(19)10-13(11-16(17)23-2)12-20-21-18(22)14-7-5-4-6-8-14/h1,4-8,10-12H,9H2,2H3,(H,21,22)/b20-12-. The Hall–Kier alpha value is -2.97. The van der Waals surface area contributed by atoms with Gasteiger partial charge in [0.2, 0.25) is 0 Å². The van der Waals surface area contributed by atoms with Crippen molar-refractivity contribution in [2.75, 3.05) is 13.7 Å². The highest BCUT2D eigenvalue weighted by molar-refractivity contribution is 6.32. The molecule has 5 nitrogen and oxygen atoms in total. The highest BCUT2D eigenvalue weighted by Gasteiger charge is 2.11. The molecule has 1 amide bonds. The van der Waals surface area contributed by atoms with E-state index >= 15 is 0 Å². The Morgan fingerprint density at radius 3 is 2.79 bits per heavy atom. The molecule has 0 aliphatic rings. The van der Waals surface area contributed by atoms with Crippen LogP contribution in [0.15, 0.2) is 47.6 Å². The van der Waals surface area contributed by atoms with Crippen LogP contribution in [-0.2, 0) is 0 Å². The van der Waals surface area contributed by atoms with Crippen molar-refractivity contribution in [3.05, 3.63) is 58.6 Å². The molecule has 0 saturated heterocycles. The molecule has 0 heterocycles. The maximum absolute atomic E-state index is 11.9. The molecule has 0 aliphatic heterocycles. The van der Waals surface area contributed by atoms with Crippen molar-refractivity contribution in [3.8, 4) is 23.8 Å². The number of carbonyl (C=O) groups is 1. The molecule has 0 unspecified atom stereocenters. The van der Waals surface area contributed by atoms with E-state index < -0.39 is 0 Å². The second-order valence-corrected chi connectivity index (χ2v) is 5.00. The second-order valence-electron chi connectivity index (χ2n) is 4.59. The largest absolute Gasteiger partial charge is 0.493 e. The zero-order valence-corrected chi connectivity index (χ0v) is 13.7. The van der Waals surface area contributed by atoms with Gasteiger partial charge in [0, 0.05) is 5.56 Å². The summed E-state index contributed by atoms with van der Waals surface area (Å²) in [6.45, 7) is 0.0800. The summed E-state index contributed by atoms with van der Waals surface area (Å²) in [6, 6.07) is 12.1. The molecule has 0 fully saturated rings. The molecule has 122 valence electrons. The van der Waals surface area contributed by atoms with Crippen LogP contribution >= 0.6 is 11.6 Å². The minimum atomic E-state index is -0.307. The predicted octanol–water partition coefficient (Wildman–Crippen LogP) is 3.12. The monoisotopic (exact) mass is 342 g/mol. The first-order valence-electron chi connectivity index (χ1n) is 6.98. The van der Waals surface area contributed by atoms with Gasteiger partial charge in [-0.1, -0.05) is 35.7 Å². The lowest BCUT2D eigenvalue weighted by atomic mass is 10.2. The maximum Gasteiger partial charge on any atom is 0.271 e. The number of hydrogen-bond acceptors (Lipinski definition) is 4. The van der Waals surface area contributed by atoms with Gasteiger partial charge in [0.25, 0.3) is 5.91 Å². The number of nitrogens with one attached hydrogen (secondary N) is 1. The number of benzene rings is 2. The van der Waals surface area contributed by atoms with Crippen molar-refractivity contribution >= 4 is 23.7 Å². The third-order valence-corrected chi connectivity index (χ3v) is 3.25. The average Bonchev–Trinajstić information content (AvgIpc) is 2.61. The number of halogens is 1. The van der Waals surface area contributed by atoms with Crippen molar-refractivity contribution in [1.29, 1.82) is 0 Å². The molecule has 0 aromatic heterocycles. The fraction of sp³-hybridized carbons (Fsp3) is 0.111. The molecule has 0 spiro atoms. The van der Waals surface area contributed by atoms with Gasteiger partial charge in [0.05, 0.1) is 18.3 Å². The van der Waals surface area contributed by atoms with E-state index in [0.29, 0.717) is 27.6 Å². The SMILES string of the molecule is C#CCOc1c(Cl)cc(/C=N\NC(=O)c2ccccc2)cc1OC. The Bertz CT molecular complexity index is 783. The van der Waals surface area contributed by atoms with Gasteiger partial charge in [0.15, 0.2) is 11.5 Å². The molecule has 0 aliphatic carbocycles. The first kappa shape index (κ1) is 17.4. The lowest BCUT2D eigenvalue weighted by Gasteiger charge is -2.11. The van der Waals surface area contributed by atoms with Crippen LogP contribution in [0, 0.1) is 12.3 Å². The van der Waals surface area contributed by atoms with E-state index in [1.807, 2.05) is 6.07 Å². The number of hydrazone groups is 1. The summed E-state index contributed by atoms with van der Waals surface area (Å²) in [5.74, 6) is 2.84. The van der Waals surface area contributed by atoms with Gasteiger partial charge in [-0.2, -0.15) is 5.10 Å². The minimum Gasteiger partial charge on any atom is -0.493 e. The van der Waals surface area contributed by atoms with E-state index in [9.17, 15) is 4.79 Å². The molecule has 0 atom stereocenters. The summed E-state index contributed by atoms with van der Waals surface area (Å²) in [7, 11) is 1.49. The van der Waals surface area contributed by atoms with Crippen LogP contribution < -0.4 is 14.9 Å². The number of amides is 1. The van der Waals surface area contributed by atoms with E-state index in [2.05, 4.69) is 16.4 Å². The molecule has 2 aromatic carbocycles. The van der Waals surface area contributed by atoms with Crippen LogP contribution in [0.5, 0.6) is 11.5 Å². The van der Waals surface area contributed by atoms with Crippen molar-refractivity contribution in [2.24, 2.45) is 5.10 Å². The van der Waals surface area contributed by atoms with E-state index in [4.69, 9.17) is 27.5 Å². The summed E-state index contributed by atoms with van der Waals surface area (Å²) in [4.78, 5) is 11.9. The van der Waals surface area contributed by atoms with Gasteiger partial charge in [0.1, 0.15) is 6.61 Å². The summed E-state index contributed by atoms with van der Waals surface area (Å²) in [5.41, 5.74) is 3.60. The van der Waals surface area contributed by atoms with E-state index in [1.54, 1.807) is 36.4 Å². The zero-order valence-electron chi connectivity index (χ0n) is 13.0. The summed E-state index contributed by atoms with van der Waals surface area (Å²) < 4.78 is 10.6. The van der Waals surface area contributed by atoms with Crippen LogP contribution in [0.1, 0.15) is 15.9 Å². The van der Waals surface area contributed by atoms with Crippen LogP contribution in [0.4, 0.5) is 0 Å². The molecule has 2 rings (SSSR count). The van der Waals surface area contributed by atoms with E-state index in [-0.39, 0.29) is 12.5 Å². The Balaban J connectivity index is 2.11. The predicted molar refractivity (Wildman–Crippen MR) is 93.8 cm³/mol. The third-order valence-electron chi connectivity index (χ3n) is 2.97. The molecule has 1 N–H and O–H groups in total. The van der Waals surface area contributed by atoms with Gasteiger partial charge in [-0.05, 0) is 29.8 Å². The molecular weight excluding hydrogens is 328 g/mol. The number of methoxy groups -OCH3 is 1. The van der Waals surface area contributed by atoms with Crippen molar-refractivity contribution < 1.29 is 14.3 Å². The number of carbonyl (C=O) groups excluding carboxylic acids is 1. The summed E-state index contributed by atoms with van der Waals surface area (Å²) >= 11 is 6.16. The minimum absolute atomic E-state index is 0.0800. The van der Waals surface area contributed by atoms with E-state index in [0.717, 1.165) is 0 Å². The second kappa shape index (κ2) is 8.61. The van der Waals surface area contributed by atoms with Gasteiger partial charge >= 0.3 is 0 Å². The molecule has 6 heteroatoms. The number of rotatable bonds is 6. The first-order valence-corrected chi connectivity index (χ1v) is 7.35. The Morgan fingerprint density at radius 1 is 1.38 bits per heavy atom. The first-order chi connectivity index (χ1) is 11.7. The number of nitrogens with zero attached hydrogens (tertiary/aromatic N) is 1. The number of terminal acetylenes is 1. The van der Waals surface area contributed by atoms with Crippen LogP contribution in [0.2, 0.25) is 5.02 Å². The summed E-state index contributed by atoms with van der Waals surface area (Å²) in [5, 5.41) is 4.25. The van der Waals surface area contributed by atoms with Gasteiger partial charge < -0.3 is 9.47 Å². The van der Waals surface area contributed by atoms with Crippen molar-refractivity contribution in [1.82, 2.24) is 5.43 Å². The normalized spacial score (nSPS) is 10.2. The quantitative estimate of drug-likeness (QED) is 0.498. The van der Waals surface area contributed by atoms with Gasteiger partial charge in [-0.25, -0.2) is 5.43 Å². The fourth-order valence-corrected chi connectivity index (χ4v) is 2.16. The lowest BCUT2D eigenvalue weighted by Crippen LogP contribution is -2.17. The van der Waals surface area contributed by atoms with Gasteiger partial charge in [-0.15, -0.1) is 6.42 Å². The topological polar surface area (TPSA) is 59.9 Å². The number of ether oxygens (including phenoxy) is 2. The summed E-state index contributed by atoms with van der Waals surface area (Å²) in [6.07, 6.45) is 6.63. The molecule has 24 heavy (non-hydrogen) atoms. The molecular formula is C18H15ClN2O3. The Labute approximate surface area is 145 Å². The maximum atomic E-state index is 11.9. The fourth-order valence-electron chi connectivity index (χ4n) is 1.89. The van der Waals surface area contributed by atoms with Crippen molar-refractivity contribution in [3.63, 3.8) is 0 Å².